The number of fused-ring (bicyclic) bond motifs is 14. The molecule has 328 valence electrons. The van der Waals surface area contributed by atoms with Gasteiger partial charge in [-0.1, -0.05) is 182 Å². The first kappa shape index (κ1) is 39.0. The number of aromatic nitrogens is 1. The summed E-state index contributed by atoms with van der Waals surface area (Å²) < 4.78 is 12.3. The van der Waals surface area contributed by atoms with Crippen molar-refractivity contribution in [1.82, 2.24) is 4.57 Å². The van der Waals surface area contributed by atoms with Crippen LogP contribution in [-0.2, 0) is 0 Å². The Kier molecular flexibility index (Phi) is 8.13. The molecule has 3 nitrogen and oxygen atoms in total. The maximum Gasteiger partial charge on any atom is 0.257 e. The minimum atomic E-state index is -0.168. The van der Waals surface area contributed by atoms with E-state index in [-0.39, 0.29) is 6.71 Å². The molecular formula is C66H39BN2OS. The Balaban J connectivity index is 1.12. The zero-order chi connectivity index (χ0) is 46.3. The molecule has 0 saturated heterocycles. The molecule has 11 aromatic carbocycles. The Morgan fingerprint density at radius 1 is 0.366 bits per heavy atom. The molecule has 0 bridgehead atoms. The van der Waals surface area contributed by atoms with Gasteiger partial charge in [-0.25, -0.2) is 0 Å². The lowest BCUT2D eigenvalue weighted by molar-refractivity contribution is 0.671. The minimum absolute atomic E-state index is 0.168. The molecule has 0 atom stereocenters. The van der Waals surface area contributed by atoms with Crippen LogP contribution in [0.15, 0.2) is 241 Å². The fourth-order valence-corrected chi connectivity index (χ4v) is 13.4. The van der Waals surface area contributed by atoms with Crippen LogP contribution >= 0.6 is 11.3 Å². The molecule has 2 aliphatic rings. The second-order valence-electron chi connectivity index (χ2n) is 19.1. The molecular weight excluding hydrogens is 880 g/mol. The Bertz CT molecular complexity index is 4460. The van der Waals surface area contributed by atoms with Crippen molar-refractivity contribution in [3.05, 3.63) is 237 Å². The van der Waals surface area contributed by atoms with Crippen molar-refractivity contribution in [1.29, 1.82) is 0 Å². The van der Waals surface area contributed by atoms with Gasteiger partial charge in [-0.2, -0.15) is 0 Å². The van der Waals surface area contributed by atoms with Crippen molar-refractivity contribution in [3.63, 3.8) is 0 Å². The molecule has 5 heteroatoms. The van der Waals surface area contributed by atoms with E-state index in [2.05, 4.69) is 246 Å². The van der Waals surface area contributed by atoms with Gasteiger partial charge in [0.2, 0.25) is 0 Å². The number of rotatable bonds is 5. The number of furan rings is 1. The van der Waals surface area contributed by atoms with Gasteiger partial charge in [0.1, 0.15) is 11.2 Å². The Hall–Kier alpha value is -8.90. The van der Waals surface area contributed by atoms with Crippen molar-refractivity contribution in [2.45, 2.75) is 0 Å². The summed E-state index contributed by atoms with van der Waals surface area (Å²) in [6, 6.07) is 87.5. The molecule has 2 aliphatic heterocycles. The minimum Gasteiger partial charge on any atom is -0.457 e. The second-order valence-corrected chi connectivity index (χ2v) is 20.2. The average Bonchev–Trinajstić information content (AvgIpc) is 4.11. The van der Waals surface area contributed by atoms with Crippen molar-refractivity contribution in [2.24, 2.45) is 0 Å². The van der Waals surface area contributed by atoms with Crippen LogP contribution in [0.2, 0.25) is 0 Å². The van der Waals surface area contributed by atoms with Crippen molar-refractivity contribution < 1.29 is 4.42 Å². The third-order valence-corrected chi connectivity index (χ3v) is 16.5. The van der Waals surface area contributed by atoms with Gasteiger partial charge in [-0.3, -0.25) is 0 Å². The van der Waals surface area contributed by atoms with E-state index in [1.807, 2.05) is 11.3 Å². The van der Waals surface area contributed by atoms with E-state index in [4.69, 9.17) is 4.42 Å². The number of benzene rings is 11. The van der Waals surface area contributed by atoms with Crippen molar-refractivity contribution in [2.75, 3.05) is 4.90 Å². The predicted molar refractivity (Wildman–Crippen MR) is 302 cm³/mol. The van der Waals surface area contributed by atoms with E-state index < -0.39 is 0 Å². The zero-order valence-corrected chi connectivity index (χ0v) is 39.1. The zero-order valence-electron chi connectivity index (χ0n) is 38.3. The van der Waals surface area contributed by atoms with Gasteiger partial charge in [0.25, 0.3) is 6.71 Å². The van der Waals surface area contributed by atoms with E-state index in [0.717, 1.165) is 33.3 Å². The molecule has 0 unspecified atom stereocenters. The molecule has 3 aromatic heterocycles. The van der Waals surface area contributed by atoms with Crippen molar-refractivity contribution >= 4 is 115 Å². The van der Waals surface area contributed by atoms with E-state index >= 15 is 0 Å². The predicted octanol–water partition coefficient (Wildman–Crippen LogP) is 16.3. The van der Waals surface area contributed by atoms with Crippen LogP contribution in [-0.4, -0.2) is 11.3 Å². The second kappa shape index (κ2) is 14.8. The lowest BCUT2D eigenvalue weighted by Crippen LogP contribution is -2.60. The molecule has 0 fully saturated rings. The molecule has 71 heavy (non-hydrogen) atoms. The fraction of sp³-hybridized carbons (Fsp3) is 0. The highest BCUT2D eigenvalue weighted by Crippen LogP contribution is 2.52. The van der Waals surface area contributed by atoms with Crippen LogP contribution in [0.25, 0.3) is 114 Å². The Labute approximate surface area is 413 Å². The van der Waals surface area contributed by atoms with Crippen LogP contribution in [0.3, 0.4) is 0 Å². The van der Waals surface area contributed by atoms with Crippen LogP contribution in [0.4, 0.5) is 17.1 Å². The lowest BCUT2D eigenvalue weighted by Gasteiger charge is -2.42. The van der Waals surface area contributed by atoms with Crippen LogP contribution in [0.1, 0.15) is 0 Å². The number of anilines is 3. The van der Waals surface area contributed by atoms with Crippen LogP contribution < -0.4 is 21.3 Å². The molecule has 0 radical (unpaired) electrons. The average molecular weight is 919 g/mol. The first-order valence-electron chi connectivity index (χ1n) is 24.4. The van der Waals surface area contributed by atoms with E-state index in [0.29, 0.717) is 0 Å². The summed E-state index contributed by atoms with van der Waals surface area (Å²) in [7, 11) is 0. The number of thiophene rings is 1. The smallest absolute Gasteiger partial charge is 0.257 e. The highest BCUT2D eigenvalue weighted by molar-refractivity contribution is 7.26. The topological polar surface area (TPSA) is 21.3 Å². The Morgan fingerprint density at radius 2 is 0.972 bits per heavy atom. The number of para-hydroxylation sites is 3. The number of hydrogen-bond acceptors (Lipinski definition) is 3. The molecule has 5 heterocycles. The SMILES string of the molecule is c1ccc(-c2cc3c4c(c2)-n2c5ccccc5c5cc6c(oc7ccccc76)c(c52)B4c2cc4sc5ccc(-c6ccccc6)cc5c4cc2N3c2c(-c3ccccc3)cccc2-c2ccccc2)cc1. The highest BCUT2D eigenvalue weighted by Gasteiger charge is 2.45. The van der Waals surface area contributed by atoms with Crippen LogP contribution in [0.5, 0.6) is 0 Å². The third-order valence-electron chi connectivity index (χ3n) is 15.3. The van der Waals surface area contributed by atoms with Gasteiger partial charge in [0.15, 0.2) is 0 Å². The van der Waals surface area contributed by atoms with Gasteiger partial charge in [0.05, 0.1) is 16.7 Å². The third kappa shape index (κ3) is 5.55. The van der Waals surface area contributed by atoms with E-state index in [1.54, 1.807) is 0 Å². The summed E-state index contributed by atoms with van der Waals surface area (Å²) in [6.45, 7) is -0.168. The summed E-state index contributed by atoms with van der Waals surface area (Å²) in [5.74, 6) is 0. The largest absolute Gasteiger partial charge is 0.457 e. The first-order valence-corrected chi connectivity index (χ1v) is 25.3. The molecule has 14 aromatic rings. The summed E-state index contributed by atoms with van der Waals surface area (Å²) in [5, 5.41) is 7.29. The maximum atomic E-state index is 7.22. The molecule has 0 amide bonds. The summed E-state index contributed by atoms with van der Waals surface area (Å²) >= 11 is 1.89. The van der Waals surface area contributed by atoms with E-state index in [1.165, 1.54) is 114 Å². The summed E-state index contributed by atoms with van der Waals surface area (Å²) in [6.07, 6.45) is 0. The summed E-state index contributed by atoms with van der Waals surface area (Å²) in [5.41, 5.74) is 22.1. The normalized spacial score (nSPS) is 12.7. The lowest BCUT2D eigenvalue weighted by atomic mass is 9.33. The van der Waals surface area contributed by atoms with Gasteiger partial charge >= 0.3 is 0 Å². The fourth-order valence-electron chi connectivity index (χ4n) is 12.3. The maximum absolute atomic E-state index is 7.22. The Morgan fingerprint density at radius 3 is 1.69 bits per heavy atom. The van der Waals surface area contributed by atoms with E-state index in [9.17, 15) is 0 Å². The molecule has 0 N–H and O–H groups in total. The quantitative estimate of drug-likeness (QED) is 0.160. The molecule has 0 aliphatic carbocycles. The first-order chi connectivity index (χ1) is 35.2. The highest BCUT2D eigenvalue weighted by atomic mass is 32.1. The van der Waals surface area contributed by atoms with Gasteiger partial charge in [-0.15, -0.1) is 11.3 Å². The monoisotopic (exact) mass is 918 g/mol. The van der Waals surface area contributed by atoms with Gasteiger partial charge in [0, 0.05) is 69.9 Å². The number of nitrogens with zero attached hydrogens (tertiary/aromatic N) is 2. The molecule has 0 spiro atoms. The van der Waals surface area contributed by atoms with Crippen LogP contribution in [0, 0.1) is 0 Å². The van der Waals surface area contributed by atoms with Gasteiger partial charge < -0.3 is 13.9 Å². The van der Waals surface area contributed by atoms with Gasteiger partial charge in [-0.05, 0) is 104 Å². The summed E-state index contributed by atoms with van der Waals surface area (Å²) in [4.78, 5) is 2.65. The standard InChI is InChI=1S/C66H39BN2OS/c1-5-18-40(19-6-1)44-32-33-60-50(34-44)51-38-56-54(39-61(51)71-60)67-62-57(68-55-30-15-13-26-48(55)52-37-53-49-27-14-16-31-59(49)70-66(53)63(67)65(52)68)35-45(41-20-7-2-8-21-41)36-58(62)69(56)64-46(42-22-9-3-10-23-42)28-17-29-47(64)43-24-11-4-12-25-43/h1-39H. The molecule has 16 rings (SSSR count). The van der Waals surface area contributed by atoms with Crippen molar-refractivity contribution in [3.8, 4) is 50.2 Å². The number of hydrogen-bond donors (Lipinski definition) is 0. The molecule has 0 saturated carbocycles.